The van der Waals surface area contributed by atoms with Gasteiger partial charge in [0.25, 0.3) is 0 Å². The van der Waals surface area contributed by atoms with Gasteiger partial charge in [-0.1, -0.05) is 35.9 Å². The number of amides is 1. The standard InChI is InChI=1S/C20H21N3O/c1-14-3-5-15(6-4-14)19(13-21-2)20(24)23-18-8-7-17-12-22-10-9-16(17)11-18/h3-12,19,21H,13H2,1-2H3,(H,23,24). The average molecular weight is 319 g/mol. The van der Waals surface area contributed by atoms with E-state index in [0.29, 0.717) is 6.54 Å². The zero-order chi connectivity index (χ0) is 16.9. The Hall–Kier alpha value is -2.72. The molecule has 0 fully saturated rings. The molecule has 0 radical (unpaired) electrons. The van der Waals surface area contributed by atoms with Gasteiger partial charge in [-0.25, -0.2) is 0 Å². The van der Waals surface area contributed by atoms with Crippen molar-refractivity contribution >= 4 is 22.4 Å². The Morgan fingerprint density at radius 1 is 1.08 bits per heavy atom. The molecule has 24 heavy (non-hydrogen) atoms. The molecule has 1 aromatic heterocycles. The summed E-state index contributed by atoms with van der Waals surface area (Å²) in [5.41, 5.74) is 3.00. The van der Waals surface area contributed by atoms with E-state index in [4.69, 9.17) is 0 Å². The summed E-state index contributed by atoms with van der Waals surface area (Å²) in [6, 6.07) is 15.9. The van der Waals surface area contributed by atoms with Crippen LogP contribution in [0.3, 0.4) is 0 Å². The number of aryl methyl sites for hydroxylation is 1. The van der Waals surface area contributed by atoms with Crippen LogP contribution in [-0.4, -0.2) is 24.5 Å². The van der Waals surface area contributed by atoms with Crippen molar-refractivity contribution in [2.75, 3.05) is 18.9 Å². The summed E-state index contributed by atoms with van der Waals surface area (Å²) in [6.07, 6.45) is 3.57. The van der Waals surface area contributed by atoms with E-state index in [1.165, 1.54) is 5.56 Å². The van der Waals surface area contributed by atoms with E-state index < -0.39 is 0 Å². The van der Waals surface area contributed by atoms with Gasteiger partial charge < -0.3 is 10.6 Å². The van der Waals surface area contributed by atoms with E-state index in [-0.39, 0.29) is 11.8 Å². The number of benzene rings is 2. The third-order valence-corrected chi connectivity index (χ3v) is 4.11. The maximum atomic E-state index is 12.8. The fraction of sp³-hybridized carbons (Fsp3) is 0.200. The number of fused-ring (bicyclic) bond motifs is 1. The fourth-order valence-electron chi connectivity index (χ4n) is 2.76. The van der Waals surface area contributed by atoms with Crippen LogP contribution in [0, 0.1) is 6.92 Å². The van der Waals surface area contributed by atoms with Gasteiger partial charge in [-0.05, 0) is 43.1 Å². The lowest BCUT2D eigenvalue weighted by molar-refractivity contribution is -0.117. The van der Waals surface area contributed by atoms with Gasteiger partial charge in [0.15, 0.2) is 0 Å². The number of carbonyl (C=O) groups is 1. The molecule has 2 N–H and O–H groups in total. The van der Waals surface area contributed by atoms with E-state index in [2.05, 4.69) is 15.6 Å². The number of hydrogen-bond donors (Lipinski definition) is 2. The highest BCUT2D eigenvalue weighted by atomic mass is 16.1. The predicted octanol–water partition coefficient (Wildman–Crippen LogP) is 3.48. The summed E-state index contributed by atoms with van der Waals surface area (Å²) in [4.78, 5) is 16.9. The Bertz CT molecular complexity index is 843. The lowest BCUT2D eigenvalue weighted by Gasteiger charge is -2.17. The van der Waals surface area contributed by atoms with Crippen LogP contribution in [0.1, 0.15) is 17.0 Å². The molecule has 4 heteroatoms. The number of hydrogen-bond acceptors (Lipinski definition) is 3. The minimum Gasteiger partial charge on any atom is -0.325 e. The molecule has 3 rings (SSSR count). The van der Waals surface area contributed by atoms with Crippen LogP contribution >= 0.6 is 0 Å². The van der Waals surface area contributed by atoms with Crippen molar-refractivity contribution in [1.29, 1.82) is 0 Å². The Balaban J connectivity index is 1.82. The Morgan fingerprint density at radius 3 is 2.62 bits per heavy atom. The van der Waals surface area contributed by atoms with E-state index in [9.17, 15) is 4.79 Å². The molecule has 1 amide bonds. The van der Waals surface area contributed by atoms with Crippen molar-refractivity contribution in [2.45, 2.75) is 12.8 Å². The maximum absolute atomic E-state index is 12.8. The number of aromatic nitrogens is 1. The summed E-state index contributed by atoms with van der Waals surface area (Å²) >= 11 is 0. The van der Waals surface area contributed by atoms with Crippen LogP contribution in [0.2, 0.25) is 0 Å². The quantitative estimate of drug-likeness (QED) is 0.757. The summed E-state index contributed by atoms with van der Waals surface area (Å²) in [5.74, 6) is -0.245. The fourth-order valence-corrected chi connectivity index (χ4v) is 2.76. The zero-order valence-corrected chi connectivity index (χ0v) is 13.9. The first-order chi connectivity index (χ1) is 11.7. The highest BCUT2D eigenvalue weighted by Gasteiger charge is 2.20. The van der Waals surface area contributed by atoms with E-state index in [0.717, 1.165) is 22.0 Å². The SMILES string of the molecule is CNCC(C(=O)Nc1ccc2cnccc2c1)c1ccc(C)cc1. The van der Waals surface area contributed by atoms with Crippen LogP contribution in [0.4, 0.5) is 5.69 Å². The lowest BCUT2D eigenvalue weighted by Crippen LogP contribution is -2.29. The molecule has 0 spiro atoms. The molecule has 2 aromatic carbocycles. The Kier molecular flexibility index (Phi) is 4.87. The minimum absolute atomic E-state index is 0.0124. The van der Waals surface area contributed by atoms with E-state index in [1.807, 2.05) is 68.7 Å². The monoisotopic (exact) mass is 319 g/mol. The first-order valence-corrected chi connectivity index (χ1v) is 8.03. The van der Waals surface area contributed by atoms with Crippen LogP contribution in [0.5, 0.6) is 0 Å². The lowest BCUT2D eigenvalue weighted by atomic mass is 9.97. The van der Waals surface area contributed by atoms with Crippen molar-refractivity contribution in [1.82, 2.24) is 10.3 Å². The van der Waals surface area contributed by atoms with Crippen LogP contribution in [0.25, 0.3) is 10.8 Å². The number of rotatable bonds is 5. The van der Waals surface area contributed by atoms with Gasteiger partial charge in [-0.15, -0.1) is 0 Å². The number of nitrogens with zero attached hydrogens (tertiary/aromatic N) is 1. The molecule has 0 saturated heterocycles. The van der Waals surface area contributed by atoms with Crippen molar-refractivity contribution in [2.24, 2.45) is 0 Å². The summed E-state index contributed by atoms with van der Waals surface area (Å²) in [6.45, 7) is 2.63. The van der Waals surface area contributed by atoms with Gasteiger partial charge in [0.05, 0.1) is 5.92 Å². The number of likely N-dealkylation sites (N-methyl/N-ethyl adjacent to an activating group) is 1. The molecular formula is C20H21N3O. The molecule has 1 heterocycles. The van der Waals surface area contributed by atoms with Gasteiger partial charge in [0.1, 0.15) is 0 Å². The smallest absolute Gasteiger partial charge is 0.233 e. The van der Waals surface area contributed by atoms with Crippen molar-refractivity contribution in [3.63, 3.8) is 0 Å². The molecule has 0 aliphatic heterocycles. The number of carbonyl (C=O) groups excluding carboxylic acids is 1. The molecule has 3 aromatic rings. The molecule has 0 aliphatic rings. The third-order valence-electron chi connectivity index (χ3n) is 4.11. The normalized spacial score (nSPS) is 12.1. The summed E-state index contributed by atoms with van der Waals surface area (Å²) in [7, 11) is 1.86. The Labute approximate surface area is 141 Å². The molecule has 4 nitrogen and oxygen atoms in total. The second kappa shape index (κ2) is 7.23. The molecule has 1 unspecified atom stereocenters. The maximum Gasteiger partial charge on any atom is 0.233 e. The topological polar surface area (TPSA) is 54.0 Å². The number of anilines is 1. The minimum atomic E-state index is -0.233. The predicted molar refractivity (Wildman–Crippen MR) is 98.2 cm³/mol. The molecular weight excluding hydrogens is 298 g/mol. The largest absolute Gasteiger partial charge is 0.325 e. The van der Waals surface area contributed by atoms with Gasteiger partial charge in [-0.3, -0.25) is 9.78 Å². The van der Waals surface area contributed by atoms with Crippen LogP contribution < -0.4 is 10.6 Å². The van der Waals surface area contributed by atoms with Crippen molar-refractivity contribution in [3.05, 3.63) is 72.1 Å². The summed E-state index contributed by atoms with van der Waals surface area (Å²) < 4.78 is 0. The van der Waals surface area contributed by atoms with E-state index in [1.54, 1.807) is 6.20 Å². The highest BCUT2D eigenvalue weighted by molar-refractivity contribution is 5.98. The first-order valence-electron chi connectivity index (χ1n) is 8.03. The first kappa shape index (κ1) is 16.1. The van der Waals surface area contributed by atoms with Crippen LogP contribution in [-0.2, 0) is 4.79 Å². The molecule has 0 bridgehead atoms. The van der Waals surface area contributed by atoms with Crippen molar-refractivity contribution in [3.8, 4) is 0 Å². The molecule has 0 saturated carbocycles. The molecule has 122 valence electrons. The molecule has 1 atom stereocenters. The second-order valence-electron chi connectivity index (χ2n) is 5.95. The molecule has 0 aliphatic carbocycles. The average Bonchev–Trinajstić information content (AvgIpc) is 2.60. The highest BCUT2D eigenvalue weighted by Crippen LogP contribution is 2.21. The number of pyridine rings is 1. The van der Waals surface area contributed by atoms with Crippen LogP contribution in [0.15, 0.2) is 60.9 Å². The van der Waals surface area contributed by atoms with Gasteiger partial charge in [0, 0.05) is 30.0 Å². The van der Waals surface area contributed by atoms with Gasteiger partial charge >= 0.3 is 0 Å². The van der Waals surface area contributed by atoms with Crippen molar-refractivity contribution < 1.29 is 4.79 Å². The van der Waals surface area contributed by atoms with Gasteiger partial charge in [0.2, 0.25) is 5.91 Å². The number of nitrogens with one attached hydrogen (secondary N) is 2. The third kappa shape index (κ3) is 3.60. The zero-order valence-electron chi connectivity index (χ0n) is 13.9. The second-order valence-corrected chi connectivity index (χ2v) is 5.95. The summed E-state index contributed by atoms with van der Waals surface area (Å²) in [5, 5.41) is 8.26. The van der Waals surface area contributed by atoms with Gasteiger partial charge in [-0.2, -0.15) is 0 Å². The Morgan fingerprint density at radius 2 is 1.88 bits per heavy atom. The van der Waals surface area contributed by atoms with E-state index >= 15 is 0 Å².